The Morgan fingerprint density at radius 2 is 1.95 bits per heavy atom. The van der Waals surface area contributed by atoms with Crippen molar-refractivity contribution in [1.82, 2.24) is 4.90 Å². The molecule has 112 valence electrons. The summed E-state index contributed by atoms with van der Waals surface area (Å²) < 4.78 is 16.0. The Balaban J connectivity index is 1.45. The number of benzene rings is 1. The SMILES string of the molecule is O=C1CCN(C(=O)CCOc2ccc3c(c2)OCO3)CC1. The highest BCUT2D eigenvalue weighted by Gasteiger charge is 2.20. The van der Waals surface area contributed by atoms with Gasteiger partial charge in [-0.2, -0.15) is 0 Å². The highest BCUT2D eigenvalue weighted by atomic mass is 16.7. The molecular weight excluding hydrogens is 274 g/mol. The van der Waals surface area contributed by atoms with Crippen molar-refractivity contribution < 1.29 is 23.8 Å². The predicted octanol–water partition coefficient (Wildman–Crippen LogP) is 1.38. The maximum absolute atomic E-state index is 12.0. The van der Waals surface area contributed by atoms with Crippen molar-refractivity contribution >= 4 is 11.7 Å². The van der Waals surface area contributed by atoms with E-state index in [1.807, 2.05) is 0 Å². The molecule has 21 heavy (non-hydrogen) atoms. The molecule has 2 heterocycles. The lowest BCUT2D eigenvalue weighted by atomic mass is 10.1. The first kappa shape index (κ1) is 13.7. The summed E-state index contributed by atoms with van der Waals surface area (Å²) in [5.74, 6) is 2.28. The largest absolute Gasteiger partial charge is 0.493 e. The highest BCUT2D eigenvalue weighted by Crippen LogP contribution is 2.35. The molecular formula is C15H17NO5. The fourth-order valence-electron chi connectivity index (χ4n) is 2.39. The van der Waals surface area contributed by atoms with Gasteiger partial charge in [0, 0.05) is 32.0 Å². The van der Waals surface area contributed by atoms with E-state index in [9.17, 15) is 9.59 Å². The first-order valence-corrected chi connectivity index (χ1v) is 7.04. The van der Waals surface area contributed by atoms with Gasteiger partial charge in [0.2, 0.25) is 12.7 Å². The number of rotatable bonds is 4. The lowest BCUT2D eigenvalue weighted by molar-refractivity contribution is -0.134. The van der Waals surface area contributed by atoms with E-state index in [2.05, 4.69) is 0 Å². The van der Waals surface area contributed by atoms with Crippen LogP contribution < -0.4 is 14.2 Å². The van der Waals surface area contributed by atoms with Crippen LogP contribution in [0.3, 0.4) is 0 Å². The Bertz CT molecular complexity index is 547. The van der Waals surface area contributed by atoms with E-state index in [0.717, 1.165) is 0 Å². The topological polar surface area (TPSA) is 65.1 Å². The third-order valence-corrected chi connectivity index (χ3v) is 3.60. The Morgan fingerprint density at radius 1 is 1.19 bits per heavy atom. The van der Waals surface area contributed by atoms with Gasteiger partial charge in [-0.15, -0.1) is 0 Å². The molecule has 1 saturated heterocycles. The van der Waals surface area contributed by atoms with Crippen LogP contribution in [0, 0.1) is 0 Å². The predicted molar refractivity (Wildman–Crippen MR) is 73.5 cm³/mol. The van der Waals surface area contributed by atoms with Gasteiger partial charge in [-0.1, -0.05) is 0 Å². The van der Waals surface area contributed by atoms with Crippen LogP contribution in [0.15, 0.2) is 18.2 Å². The number of piperidine rings is 1. The quantitative estimate of drug-likeness (QED) is 0.838. The molecule has 1 fully saturated rings. The number of ether oxygens (including phenoxy) is 3. The Kier molecular flexibility index (Phi) is 3.94. The number of Topliss-reactive ketones (excluding diaryl/α,β-unsaturated/α-hetero) is 1. The average molecular weight is 291 g/mol. The van der Waals surface area contributed by atoms with E-state index in [-0.39, 0.29) is 18.5 Å². The van der Waals surface area contributed by atoms with E-state index >= 15 is 0 Å². The van der Waals surface area contributed by atoms with Crippen LogP contribution in [0.4, 0.5) is 0 Å². The zero-order valence-corrected chi connectivity index (χ0v) is 11.7. The van der Waals surface area contributed by atoms with Crippen LogP contribution in [-0.4, -0.2) is 43.1 Å². The molecule has 0 saturated carbocycles. The monoisotopic (exact) mass is 291 g/mol. The lowest BCUT2D eigenvalue weighted by Gasteiger charge is -2.26. The number of carbonyl (C=O) groups excluding carboxylic acids is 2. The summed E-state index contributed by atoms with van der Waals surface area (Å²) in [6, 6.07) is 5.33. The van der Waals surface area contributed by atoms with Gasteiger partial charge in [0.15, 0.2) is 11.5 Å². The molecule has 0 aromatic heterocycles. The van der Waals surface area contributed by atoms with E-state index in [1.54, 1.807) is 23.1 Å². The summed E-state index contributed by atoms with van der Waals surface area (Å²) in [6.07, 6.45) is 1.24. The van der Waals surface area contributed by atoms with Gasteiger partial charge in [-0.3, -0.25) is 9.59 Å². The van der Waals surface area contributed by atoms with Crippen molar-refractivity contribution in [2.45, 2.75) is 19.3 Å². The van der Waals surface area contributed by atoms with Crippen molar-refractivity contribution in [2.24, 2.45) is 0 Å². The van der Waals surface area contributed by atoms with Gasteiger partial charge in [0.05, 0.1) is 13.0 Å². The Labute approximate surface area is 122 Å². The van der Waals surface area contributed by atoms with Crippen molar-refractivity contribution in [2.75, 3.05) is 26.5 Å². The summed E-state index contributed by atoms with van der Waals surface area (Å²) in [6.45, 7) is 1.59. The van der Waals surface area contributed by atoms with Crippen molar-refractivity contribution in [3.05, 3.63) is 18.2 Å². The second kappa shape index (κ2) is 6.03. The molecule has 0 aliphatic carbocycles. The van der Waals surface area contributed by atoms with Gasteiger partial charge < -0.3 is 19.1 Å². The Morgan fingerprint density at radius 3 is 2.76 bits per heavy atom. The van der Waals surface area contributed by atoms with Gasteiger partial charge in [-0.25, -0.2) is 0 Å². The standard InChI is InChI=1S/C15H17NO5/c17-11-3-6-16(7-4-11)15(18)5-8-19-12-1-2-13-14(9-12)21-10-20-13/h1-2,9H,3-8,10H2. The molecule has 1 aromatic carbocycles. The molecule has 1 amide bonds. The second-order valence-electron chi connectivity index (χ2n) is 5.03. The first-order chi connectivity index (χ1) is 10.2. The van der Waals surface area contributed by atoms with Crippen LogP contribution >= 0.6 is 0 Å². The normalized spacial score (nSPS) is 17.0. The number of ketones is 1. The van der Waals surface area contributed by atoms with Gasteiger partial charge in [0.25, 0.3) is 0 Å². The number of hydrogen-bond acceptors (Lipinski definition) is 5. The summed E-state index contributed by atoms with van der Waals surface area (Å²) in [4.78, 5) is 24.8. The zero-order valence-electron chi connectivity index (χ0n) is 11.7. The molecule has 3 rings (SSSR count). The van der Waals surface area contributed by atoms with Crippen molar-refractivity contribution in [3.63, 3.8) is 0 Å². The lowest BCUT2D eigenvalue weighted by Crippen LogP contribution is -2.39. The number of hydrogen-bond donors (Lipinski definition) is 0. The first-order valence-electron chi connectivity index (χ1n) is 7.04. The number of carbonyl (C=O) groups is 2. The van der Waals surface area contributed by atoms with Gasteiger partial charge in [-0.05, 0) is 12.1 Å². The number of amides is 1. The van der Waals surface area contributed by atoms with Crippen LogP contribution in [0.2, 0.25) is 0 Å². The molecule has 0 bridgehead atoms. The molecule has 1 aromatic rings. The molecule has 2 aliphatic heterocycles. The Hall–Kier alpha value is -2.24. The molecule has 0 radical (unpaired) electrons. The minimum atomic E-state index is 0.0308. The number of likely N-dealkylation sites (tertiary alicyclic amines) is 1. The third-order valence-electron chi connectivity index (χ3n) is 3.60. The smallest absolute Gasteiger partial charge is 0.231 e. The summed E-state index contributed by atoms with van der Waals surface area (Å²) in [5, 5.41) is 0. The van der Waals surface area contributed by atoms with Crippen LogP contribution in [0.25, 0.3) is 0 Å². The van der Waals surface area contributed by atoms with Crippen molar-refractivity contribution in [3.8, 4) is 17.2 Å². The van der Waals surface area contributed by atoms with Crippen molar-refractivity contribution in [1.29, 1.82) is 0 Å². The minimum absolute atomic E-state index is 0.0308. The fourth-order valence-corrected chi connectivity index (χ4v) is 2.39. The van der Waals surface area contributed by atoms with Gasteiger partial charge >= 0.3 is 0 Å². The third kappa shape index (κ3) is 3.26. The van der Waals surface area contributed by atoms with E-state index in [1.165, 1.54) is 0 Å². The molecule has 0 spiro atoms. The molecule has 2 aliphatic rings. The average Bonchev–Trinajstić information content (AvgIpc) is 2.95. The summed E-state index contributed by atoms with van der Waals surface area (Å²) >= 11 is 0. The minimum Gasteiger partial charge on any atom is -0.493 e. The van der Waals surface area contributed by atoms with E-state index in [4.69, 9.17) is 14.2 Å². The van der Waals surface area contributed by atoms with E-state index in [0.29, 0.717) is 56.2 Å². The van der Waals surface area contributed by atoms with Gasteiger partial charge in [0.1, 0.15) is 11.5 Å². The molecule has 0 unspecified atom stereocenters. The van der Waals surface area contributed by atoms with Crippen LogP contribution in [0.5, 0.6) is 17.2 Å². The summed E-state index contributed by atoms with van der Waals surface area (Å²) in [7, 11) is 0. The molecule has 6 nitrogen and oxygen atoms in total. The molecule has 0 atom stereocenters. The maximum atomic E-state index is 12.0. The van der Waals surface area contributed by atoms with Crippen LogP contribution in [0.1, 0.15) is 19.3 Å². The zero-order chi connectivity index (χ0) is 14.7. The summed E-state index contributed by atoms with van der Waals surface area (Å²) in [5.41, 5.74) is 0. The second-order valence-corrected chi connectivity index (χ2v) is 5.03. The molecule has 0 N–H and O–H groups in total. The van der Waals surface area contributed by atoms with E-state index < -0.39 is 0 Å². The van der Waals surface area contributed by atoms with Crippen LogP contribution in [-0.2, 0) is 9.59 Å². The molecule has 6 heteroatoms. The highest BCUT2D eigenvalue weighted by molar-refractivity contribution is 5.83. The fraction of sp³-hybridized carbons (Fsp3) is 0.467. The number of fused-ring (bicyclic) bond motifs is 1. The number of nitrogens with zero attached hydrogens (tertiary/aromatic N) is 1. The maximum Gasteiger partial charge on any atom is 0.231 e.